The van der Waals surface area contributed by atoms with Gasteiger partial charge in [0.15, 0.2) is 0 Å². The molecule has 1 aliphatic heterocycles. The number of hydrogen-bond acceptors (Lipinski definition) is 3. The highest BCUT2D eigenvalue weighted by molar-refractivity contribution is 4.88. The lowest BCUT2D eigenvalue weighted by molar-refractivity contribution is 0.0622. The van der Waals surface area contributed by atoms with Crippen molar-refractivity contribution in [1.29, 1.82) is 0 Å². The van der Waals surface area contributed by atoms with E-state index in [9.17, 15) is 0 Å². The Labute approximate surface area is 119 Å². The van der Waals surface area contributed by atoms with Gasteiger partial charge in [-0.25, -0.2) is 0 Å². The van der Waals surface area contributed by atoms with E-state index in [1.54, 1.807) is 0 Å². The second kappa shape index (κ2) is 7.05. The number of hydrogen-bond donors (Lipinski definition) is 1. The standard InChI is InChI=1S/C16H33N3/c1-5-14-6-7-16(17-3)15(10-14)12-19-9-8-18(4)11-13(19)2/h13-17H,5-12H2,1-4H3. The highest BCUT2D eigenvalue weighted by Crippen LogP contribution is 2.32. The molecule has 4 atom stereocenters. The maximum Gasteiger partial charge on any atom is 0.0195 e. The Bertz CT molecular complexity index is 269. The van der Waals surface area contributed by atoms with E-state index in [4.69, 9.17) is 0 Å². The van der Waals surface area contributed by atoms with Gasteiger partial charge in [-0.1, -0.05) is 13.3 Å². The maximum absolute atomic E-state index is 3.57. The average Bonchev–Trinajstić information content (AvgIpc) is 2.41. The Morgan fingerprint density at radius 2 is 2.00 bits per heavy atom. The third-order valence-electron chi connectivity index (χ3n) is 5.48. The molecule has 1 aliphatic carbocycles. The van der Waals surface area contributed by atoms with Crippen molar-refractivity contribution in [3.63, 3.8) is 0 Å². The van der Waals surface area contributed by atoms with Gasteiger partial charge in [0.25, 0.3) is 0 Å². The monoisotopic (exact) mass is 267 g/mol. The lowest BCUT2D eigenvalue weighted by Gasteiger charge is -2.43. The molecule has 2 rings (SSSR count). The smallest absolute Gasteiger partial charge is 0.0195 e. The normalized spacial score (nSPS) is 38.5. The van der Waals surface area contributed by atoms with Gasteiger partial charge in [0, 0.05) is 38.3 Å². The fourth-order valence-corrected chi connectivity index (χ4v) is 4.06. The Hall–Kier alpha value is -0.120. The summed E-state index contributed by atoms with van der Waals surface area (Å²) in [6, 6.07) is 1.47. The van der Waals surface area contributed by atoms with Crippen LogP contribution in [0.25, 0.3) is 0 Å². The summed E-state index contributed by atoms with van der Waals surface area (Å²) in [5, 5.41) is 3.57. The summed E-state index contributed by atoms with van der Waals surface area (Å²) in [5.41, 5.74) is 0. The lowest BCUT2D eigenvalue weighted by Crippen LogP contribution is -2.54. The van der Waals surface area contributed by atoms with E-state index < -0.39 is 0 Å². The molecule has 0 aromatic heterocycles. The molecular weight excluding hydrogens is 234 g/mol. The first-order valence-corrected chi connectivity index (χ1v) is 8.23. The molecule has 19 heavy (non-hydrogen) atoms. The minimum Gasteiger partial charge on any atom is -0.317 e. The highest BCUT2D eigenvalue weighted by atomic mass is 15.3. The van der Waals surface area contributed by atoms with E-state index >= 15 is 0 Å². The third-order valence-corrected chi connectivity index (χ3v) is 5.48. The van der Waals surface area contributed by atoms with Crippen LogP contribution < -0.4 is 5.32 Å². The Kier molecular flexibility index (Phi) is 5.67. The summed E-state index contributed by atoms with van der Waals surface area (Å²) in [6.45, 7) is 9.77. The molecule has 0 aromatic rings. The number of rotatable bonds is 4. The van der Waals surface area contributed by atoms with Gasteiger partial charge in [-0.2, -0.15) is 0 Å². The molecule has 112 valence electrons. The van der Waals surface area contributed by atoms with Crippen molar-refractivity contribution in [3.05, 3.63) is 0 Å². The van der Waals surface area contributed by atoms with Crippen LogP contribution in [-0.2, 0) is 0 Å². The molecule has 0 bridgehead atoms. The summed E-state index contributed by atoms with van der Waals surface area (Å²) in [6.07, 6.45) is 5.60. The van der Waals surface area contributed by atoms with Crippen molar-refractivity contribution in [2.45, 2.75) is 51.6 Å². The van der Waals surface area contributed by atoms with Gasteiger partial charge in [0.1, 0.15) is 0 Å². The molecule has 2 aliphatic rings. The molecule has 0 amide bonds. The zero-order valence-electron chi connectivity index (χ0n) is 13.4. The van der Waals surface area contributed by atoms with Gasteiger partial charge in [-0.05, 0) is 52.1 Å². The molecule has 1 N–H and O–H groups in total. The molecule has 4 unspecified atom stereocenters. The van der Waals surface area contributed by atoms with E-state index in [-0.39, 0.29) is 0 Å². The third kappa shape index (κ3) is 3.93. The van der Waals surface area contributed by atoms with Crippen molar-refractivity contribution in [2.75, 3.05) is 40.3 Å². The second-order valence-corrected chi connectivity index (χ2v) is 6.85. The summed E-state index contributed by atoms with van der Waals surface area (Å²) in [4.78, 5) is 5.19. The molecule has 1 heterocycles. The quantitative estimate of drug-likeness (QED) is 0.841. The number of likely N-dealkylation sites (N-methyl/N-ethyl adjacent to an activating group) is 1. The van der Waals surface area contributed by atoms with E-state index in [1.165, 1.54) is 51.9 Å². The molecule has 1 saturated carbocycles. The first-order valence-electron chi connectivity index (χ1n) is 8.23. The lowest BCUT2D eigenvalue weighted by atomic mass is 9.76. The molecule has 3 heteroatoms. The summed E-state index contributed by atoms with van der Waals surface area (Å²) < 4.78 is 0. The SMILES string of the molecule is CCC1CCC(NC)C(CN2CCN(C)CC2C)C1. The fraction of sp³-hybridized carbons (Fsp3) is 1.00. The molecule has 2 fully saturated rings. The molecule has 0 aromatic carbocycles. The van der Waals surface area contributed by atoms with E-state index in [2.05, 4.69) is 43.1 Å². The first-order chi connectivity index (χ1) is 9.13. The predicted molar refractivity (Wildman–Crippen MR) is 82.5 cm³/mol. The van der Waals surface area contributed by atoms with Crippen molar-refractivity contribution in [1.82, 2.24) is 15.1 Å². The molecule has 0 radical (unpaired) electrons. The maximum atomic E-state index is 3.57. The Morgan fingerprint density at radius 3 is 2.63 bits per heavy atom. The first kappa shape index (κ1) is 15.3. The second-order valence-electron chi connectivity index (χ2n) is 6.85. The summed E-state index contributed by atoms with van der Waals surface area (Å²) >= 11 is 0. The van der Waals surface area contributed by atoms with Crippen LogP contribution in [0.4, 0.5) is 0 Å². The van der Waals surface area contributed by atoms with Crippen LogP contribution in [0.5, 0.6) is 0 Å². The topological polar surface area (TPSA) is 18.5 Å². The van der Waals surface area contributed by atoms with Crippen LogP contribution in [0, 0.1) is 11.8 Å². The molecule has 3 nitrogen and oxygen atoms in total. The van der Waals surface area contributed by atoms with Crippen LogP contribution in [0.3, 0.4) is 0 Å². The van der Waals surface area contributed by atoms with Gasteiger partial charge in [0.05, 0.1) is 0 Å². The van der Waals surface area contributed by atoms with Gasteiger partial charge < -0.3 is 10.2 Å². The van der Waals surface area contributed by atoms with Crippen molar-refractivity contribution in [2.24, 2.45) is 11.8 Å². The number of nitrogens with zero attached hydrogens (tertiary/aromatic N) is 2. The van der Waals surface area contributed by atoms with Crippen LogP contribution in [0.2, 0.25) is 0 Å². The van der Waals surface area contributed by atoms with Crippen LogP contribution in [-0.4, -0.2) is 62.2 Å². The minimum absolute atomic E-state index is 0.721. The van der Waals surface area contributed by atoms with Gasteiger partial charge in [-0.3, -0.25) is 4.90 Å². The molecule has 0 spiro atoms. The van der Waals surface area contributed by atoms with Crippen LogP contribution >= 0.6 is 0 Å². The highest BCUT2D eigenvalue weighted by Gasteiger charge is 2.32. The van der Waals surface area contributed by atoms with Crippen molar-refractivity contribution >= 4 is 0 Å². The fourth-order valence-electron chi connectivity index (χ4n) is 4.06. The zero-order valence-corrected chi connectivity index (χ0v) is 13.4. The van der Waals surface area contributed by atoms with Crippen molar-refractivity contribution < 1.29 is 0 Å². The molecule has 1 saturated heterocycles. The Morgan fingerprint density at radius 1 is 1.21 bits per heavy atom. The van der Waals surface area contributed by atoms with Gasteiger partial charge >= 0.3 is 0 Å². The molecular formula is C16H33N3. The van der Waals surface area contributed by atoms with E-state index in [0.717, 1.165) is 23.9 Å². The van der Waals surface area contributed by atoms with E-state index in [1.807, 2.05) is 0 Å². The van der Waals surface area contributed by atoms with Gasteiger partial charge in [0.2, 0.25) is 0 Å². The average molecular weight is 267 g/mol. The number of nitrogens with one attached hydrogen (secondary N) is 1. The van der Waals surface area contributed by atoms with E-state index in [0.29, 0.717) is 0 Å². The summed E-state index contributed by atoms with van der Waals surface area (Å²) in [7, 11) is 4.40. The summed E-state index contributed by atoms with van der Waals surface area (Å²) in [5.74, 6) is 1.83. The van der Waals surface area contributed by atoms with Crippen LogP contribution in [0.15, 0.2) is 0 Å². The minimum atomic E-state index is 0.721. The van der Waals surface area contributed by atoms with Gasteiger partial charge in [-0.15, -0.1) is 0 Å². The zero-order chi connectivity index (χ0) is 13.8. The van der Waals surface area contributed by atoms with Crippen LogP contribution in [0.1, 0.15) is 39.5 Å². The predicted octanol–water partition coefficient (Wildman–Crippen LogP) is 2.04. The Balaban J connectivity index is 1.91. The number of piperazine rings is 1. The largest absolute Gasteiger partial charge is 0.317 e. The van der Waals surface area contributed by atoms with Crippen molar-refractivity contribution in [3.8, 4) is 0 Å².